The number of phenolic OH excluding ortho intramolecular Hbond substituents is 1. The third-order valence-corrected chi connectivity index (χ3v) is 2.05. The number of aryl methyl sites for hydroxylation is 1. The Balaban J connectivity index is 3.18. The van der Waals surface area contributed by atoms with Crippen molar-refractivity contribution in [3.8, 4) is 5.75 Å². The third kappa shape index (κ3) is 2.22. The third-order valence-electron chi connectivity index (χ3n) is 1.83. The summed E-state index contributed by atoms with van der Waals surface area (Å²) in [5, 5.41) is 10.0. The summed E-state index contributed by atoms with van der Waals surface area (Å²) < 4.78 is 0. The Bertz CT molecular complexity index is 321. The van der Waals surface area contributed by atoms with Crippen LogP contribution in [0.5, 0.6) is 5.75 Å². The molecule has 2 nitrogen and oxygen atoms in total. The van der Waals surface area contributed by atoms with Gasteiger partial charge >= 0.3 is 0 Å². The van der Waals surface area contributed by atoms with Gasteiger partial charge in [0.1, 0.15) is 5.75 Å². The van der Waals surface area contributed by atoms with E-state index in [1.54, 1.807) is 6.07 Å². The highest BCUT2D eigenvalue weighted by Crippen LogP contribution is 2.26. The number of aromatic hydroxyl groups is 1. The van der Waals surface area contributed by atoms with Crippen LogP contribution >= 0.6 is 11.6 Å². The molecule has 1 aromatic rings. The van der Waals surface area contributed by atoms with Crippen molar-refractivity contribution in [2.24, 2.45) is 0 Å². The molecule has 70 valence electrons. The van der Waals surface area contributed by atoms with Gasteiger partial charge in [0.05, 0.1) is 5.56 Å². The van der Waals surface area contributed by atoms with Gasteiger partial charge in [-0.15, -0.1) is 0 Å². The van der Waals surface area contributed by atoms with E-state index in [0.29, 0.717) is 11.3 Å². The molecular formula is C10H11ClO2. The maximum Gasteiger partial charge on any atom is 0.153 e. The maximum absolute atomic E-state index is 10.5. The minimum Gasteiger partial charge on any atom is -0.507 e. The molecule has 0 aliphatic rings. The van der Waals surface area contributed by atoms with E-state index in [4.69, 9.17) is 11.6 Å². The number of benzene rings is 1. The molecule has 0 unspecified atom stereocenters. The monoisotopic (exact) mass is 198 g/mol. The fraction of sp³-hybridized carbons (Fsp3) is 0.300. The maximum atomic E-state index is 10.5. The topological polar surface area (TPSA) is 37.3 Å². The van der Waals surface area contributed by atoms with Gasteiger partial charge in [0.15, 0.2) is 6.29 Å². The van der Waals surface area contributed by atoms with Crippen molar-refractivity contribution in [1.29, 1.82) is 0 Å². The molecule has 0 fully saturated rings. The van der Waals surface area contributed by atoms with Crippen LogP contribution in [0.25, 0.3) is 0 Å². The van der Waals surface area contributed by atoms with Crippen molar-refractivity contribution in [1.82, 2.24) is 0 Å². The molecule has 0 radical (unpaired) electrons. The number of hydrogen-bond donors (Lipinski definition) is 1. The van der Waals surface area contributed by atoms with Crippen LogP contribution in [0.4, 0.5) is 0 Å². The smallest absolute Gasteiger partial charge is 0.153 e. The lowest BCUT2D eigenvalue weighted by Gasteiger charge is -2.05. The Morgan fingerprint density at radius 1 is 1.54 bits per heavy atom. The average molecular weight is 199 g/mol. The average Bonchev–Trinajstić information content (AvgIpc) is 2.11. The van der Waals surface area contributed by atoms with Crippen molar-refractivity contribution < 1.29 is 9.90 Å². The second-order valence-electron chi connectivity index (χ2n) is 2.87. The van der Waals surface area contributed by atoms with Crippen LogP contribution in [-0.2, 0) is 6.42 Å². The van der Waals surface area contributed by atoms with E-state index in [-0.39, 0.29) is 11.3 Å². The zero-order chi connectivity index (χ0) is 9.84. The lowest BCUT2D eigenvalue weighted by Crippen LogP contribution is -1.90. The molecule has 3 heteroatoms. The van der Waals surface area contributed by atoms with Crippen molar-refractivity contribution in [2.75, 3.05) is 0 Å². The van der Waals surface area contributed by atoms with Crippen molar-refractivity contribution >= 4 is 17.9 Å². The van der Waals surface area contributed by atoms with Gasteiger partial charge in [-0.3, -0.25) is 4.79 Å². The number of rotatable bonds is 3. The van der Waals surface area contributed by atoms with Crippen LogP contribution in [0.1, 0.15) is 29.3 Å². The van der Waals surface area contributed by atoms with Gasteiger partial charge in [0.2, 0.25) is 0 Å². The second-order valence-corrected chi connectivity index (χ2v) is 3.31. The number of aldehydes is 1. The van der Waals surface area contributed by atoms with E-state index >= 15 is 0 Å². The Kier molecular flexibility index (Phi) is 3.32. The number of hydrogen-bond acceptors (Lipinski definition) is 2. The van der Waals surface area contributed by atoms with Gasteiger partial charge in [-0.05, 0) is 24.1 Å². The molecule has 0 bridgehead atoms. The van der Waals surface area contributed by atoms with E-state index in [1.165, 1.54) is 6.07 Å². The fourth-order valence-corrected chi connectivity index (χ4v) is 1.48. The van der Waals surface area contributed by atoms with Gasteiger partial charge in [-0.1, -0.05) is 24.9 Å². The highest BCUT2D eigenvalue weighted by Gasteiger charge is 2.07. The number of carbonyl (C=O) groups is 1. The van der Waals surface area contributed by atoms with E-state index < -0.39 is 0 Å². The predicted molar refractivity (Wildman–Crippen MR) is 52.5 cm³/mol. The first-order valence-electron chi connectivity index (χ1n) is 4.15. The predicted octanol–water partition coefficient (Wildman–Crippen LogP) is 2.81. The summed E-state index contributed by atoms with van der Waals surface area (Å²) in [5.74, 6) is 0.0567. The number of phenols is 1. The molecule has 0 saturated carbocycles. The number of halogens is 1. The highest BCUT2D eigenvalue weighted by molar-refractivity contribution is 6.31. The molecule has 1 N–H and O–H groups in total. The standard InChI is InChI=1S/C10H11ClO2/c1-2-3-7-4-9(11)5-8(6-12)10(7)13/h4-6,13H,2-3H2,1H3. The molecule has 0 spiro atoms. The molecule has 0 amide bonds. The molecule has 1 rings (SSSR count). The van der Waals surface area contributed by atoms with Gasteiger partial charge in [0, 0.05) is 5.02 Å². The first-order chi connectivity index (χ1) is 6.19. The Morgan fingerprint density at radius 2 is 2.23 bits per heavy atom. The molecule has 0 atom stereocenters. The molecule has 0 heterocycles. The van der Waals surface area contributed by atoms with Gasteiger partial charge in [0.25, 0.3) is 0 Å². The van der Waals surface area contributed by atoms with Crippen LogP contribution < -0.4 is 0 Å². The zero-order valence-electron chi connectivity index (χ0n) is 7.38. The summed E-state index contributed by atoms with van der Waals surface area (Å²) in [6.07, 6.45) is 2.25. The minimum atomic E-state index is 0.0567. The molecule has 0 aliphatic carbocycles. The molecule has 1 aromatic carbocycles. The summed E-state index contributed by atoms with van der Waals surface area (Å²) in [6, 6.07) is 3.15. The summed E-state index contributed by atoms with van der Waals surface area (Å²) in [5.41, 5.74) is 0.994. The van der Waals surface area contributed by atoms with E-state index in [1.807, 2.05) is 6.92 Å². The van der Waals surface area contributed by atoms with Crippen LogP contribution in [0.2, 0.25) is 5.02 Å². The zero-order valence-corrected chi connectivity index (χ0v) is 8.14. The normalized spacial score (nSPS) is 10.0. The fourth-order valence-electron chi connectivity index (χ4n) is 1.23. The van der Waals surface area contributed by atoms with Gasteiger partial charge in [-0.25, -0.2) is 0 Å². The first kappa shape index (κ1) is 10.1. The van der Waals surface area contributed by atoms with Crippen molar-refractivity contribution in [2.45, 2.75) is 19.8 Å². The van der Waals surface area contributed by atoms with Crippen LogP contribution in [0.3, 0.4) is 0 Å². The molecule has 0 aromatic heterocycles. The lowest BCUT2D eigenvalue weighted by atomic mass is 10.1. The largest absolute Gasteiger partial charge is 0.507 e. The van der Waals surface area contributed by atoms with Crippen LogP contribution in [-0.4, -0.2) is 11.4 Å². The number of carbonyl (C=O) groups excluding carboxylic acids is 1. The van der Waals surface area contributed by atoms with Crippen molar-refractivity contribution in [3.63, 3.8) is 0 Å². The summed E-state index contributed by atoms with van der Waals surface area (Å²) in [7, 11) is 0. The SMILES string of the molecule is CCCc1cc(Cl)cc(C=O)c1O. The van der Waals surface area contributed by atoms with Crippen LogP contribution in [0, 0.1) is 0 Å². The molecule has 0 saturated heterocycles. The molecular weight excluding hydrogens is 188 g/mol. The van der Waals surface area contributed by atoms with Crippen molar-refractivity contribution in [3.05, 3.63) is 28.3 Å². The van der Waals surface area contributed by atoms with Gasteiger partial charge < -0.3 is 5.11 Å². The Morgan fingerprint density at radius 3 is 2.77 bits per heavy atom. The Labute approximate surface area is 82.2 Å². The van der Waals surface area contributed by atoms with Crippen LogP contribution in [0.15, 0.2) is 12.1 Å². The Hall–Kier alpha value is -1.02. The quantitative estimate of drug-likeness (QED) is 0.759. The van der Waals surface area contributed by atoms with Gasteiger partial charge in [-0.2, -0.15) is 0 Å². The van der Waals surface area contributed by atoms with E-state index in [9.17, 15) is 9.90 Å². The lowest BCUT2D eigenvalue weighted by molar-refractivity contribution is 0.112. The second kappa shape index (κ2) is 4.28. The first-order valence-corrected chi connectivity index (χ1v) is 4.53. The molecule has 0 aliphatic heterocycles. The van der Waals surface area contributed by atoms with E-state index in [0.717, 1.165) is 18.4 Å². The minimum absolute atomic E-state index is 0.0567. The summed E-state index contributed by atoms with van der Waals surface area (Å²) in [4.78, 5) is 10.5. The summed E-state index contributed by atoms with van der Waals surface area (Å²) >= 11 is 5.77. The molecule has 13 heavy (non-hydrogen) atoms. The summed E-state index contributed by atoms with van der Waals surface area (Å²) in [6.45, 7) is 2.00. The highest BCUT2D eigenvalue weighted by atomic mass is 35.5. The van der Waals surface area contributed by atoms with E-state index in [2.05, 4.69) is 0 Å².